The van der Waals surface area contributed by atoms with Crippen LogP contribution in [0.1, 0.15) is 11.6 Å². The topological polar surface area (TPSA) is 94.5 Å². The Morgan fingerprint density at radius 3 is 3.12 bits per heavy atom. The quantitative estimate of drug-likeness (QED) is 0.450. The van der Waals surface area contributed by atoms with Crippen LogP contribution in [0.3, 0.4) is 0 Å². The van der Waals surface area contributed by atoms with E-state index in [4.69, 9.17) is 5.73 Å². The summed E-state index contributed by atoms with van der Waals surface area (Å²) in [4.78, 5) is 4.27. The Bertz CT molecular complexity index is 487. The number of aromatic amines is 1. The summed E-state index contributed by atoms with van der Waals surface area (Å²) in [5.41, 5.74) is 5.41. The van der Waals surface area contributed by atoms with E-state index in [1.807, 2.05) is 6.07 Å². The van der Waals surface area contributed by atoms with E-state index in [-0.39, 0.29) is 0 Å². The summed E-state index contributed by atoms with van der Waals surface area (Å²) in [6.07, 6.45) is 2.14. The third kappa shape index (κ3) is 3.18. The van der Waals surface area contributed by atoms with Crippen LogP contribution in [0.2, 0.25) is 0 Å². The zero-order valence-electron chi connectivity index (χ0n) is 9.17. The van der Waals surface area contributed by atoms with E-state index in [0.29, 0.717) is 29.6 Å². The van der Waals surface area contributed by atoms with Crippen molar-refractivity contribution in [3.05, 3.63) is 41.3 Å². The molecule has 0 spiro atoms. The Labute approximate surface area is 103 Å². The van der Waals surface area contributed by atoms with E-state index in [9.17, 15) is 5.21 Å². The highest BCUT2D eigenvalue weighted by atomic mass is 32.2. The van der Waals surface area contributed by atoms with Crippen molar-refractivity contribution >= 4 is 11.8 Å². The molecule has 0 aliphatic rings. The zero-order valence-corrected chi connectivity index (χ0v) is 9.98. The van der Waals surface area contributed by atoms with Gasteiger partial charge < -0.3 is 10.9 Å². The standard InChI is InChI=1S/C10H13N5OS/c11-5-4-8-12-9(14-13-8)7-17-10-3-1-2-6-15(10)16/h1-3,6H,4-5,7,11H2,(H,12,13,14). The summed E-state index contributed by atoms with van der Waals surface area (Å²) in [6, 6.07) is 5.30. The van der Waals surface area contributed by atoms with Gasteiger partial charge in [-0.05, 0) is 24.4 Å². The molecule has 0 atom stereocenters. The number of H-pyrrole nitrogens is 1. The monoisotopic (exact) mass is 251 g/mol. The van der Waals surface area contributed by atoms with Gasteiger partial charge in [0.15, 0.2) is 12.0 Å². The molecule has 2 aromatic heterocycles. The molecule has 2 aromatic rings. The lowest BCUT2D eigenvalue weighted by Gasteiger charge is -2.01. The highest BCUT2D eigenvalue weighted by molar-refractivity contribution is 7.98. The van der Waals surface area contributed by atoms with Crippen molar-refractivity contribution in [3.63, 3.8) is 0 Å². The summed E-state index contributed by atoms with van der Waals surface area (Å²) < 4.78 is 0.835. The minimum atomic E-state index is 0.531. The number of rotatable bonds is 5. The zero-order chi connectivity index (χ0) is 12.1. The summed E-state index contributed by atoms with van der Waals surface area (Å²) in [7, 11) is 0. The fraction of sp³-hybridized carbons (Fsp3) is 0.300. The Morgan fingerprint density at radius 2 is 2.35 bits per heavy atom. The third-order valence-electron chi connectivity index (χ3n) is 2.09. The van der Waals surface area contributed by atoms with Crippen LogP contribution in [0.5, 0.6) is 0 Å². The summed E-state index contributed by atoms with van der Waals surface area (Å²) >= 11 is 1.42. The molecule has 0 aliphatic carbocycles. The fourth-order valence-electron chi connectivity index (χ4n) is 1.31. The first-order chi connectivity index (χ1) is 8.29. The smallest absolute Gasteiger partial charge is 0.251 e. The van der Waals surface area contributed by atoms with Crippen molar-refractivity contribution in [2.75, 3.05) is 6.54 Å². The van der Waals surface area contributed by atoms with Crippen molar-refractivity contribution < 1.29 is 4.73 Å². The Hall–Kier alpha value is -1.60. The highest BCUT2D eigenvalue weighted by Gasteiger charge is 2.07. The van der Waals surface area contributed by atoms with Gasteiger partial charge in [0.05, 0.1) is 5.75 Å². The van der Waals surface area contributed by atoms with E-state index in [1.54, 1.807) is 12.1 Å². The number of nitrogens with one attached hydrogen (secondary N) is 1. The largest absolute Gasteiger partial charge is 0.618 e. The minimum Gasteiger partial charge on any atom is -0.618 e. The van der Waals surface area contributed by atoms with Gasteiger partial charge in [0.1, 0.15) is 5.82 Å². The van der Waals surface area contributed by atoms with Gasteiger partial charge in [0.2, 0.25) is 0 Å². The lowest BCUT2D eigenvalue weighted by molar-refractivity contribution is -0.645. The summed E-state index contributed by atoms with van der Waals surface area (Å²) in [5.74, 6) is 2.05. The van der Waals surface area contributed by atoms with Gasteiger partial charge in [0.25, 0.3) is 5.03 Å². The van der Waals surface area contributed by atoms with Crippen LogP contribution in [0.25, 0.3) is 0 Å². The van der Waals surface area contributed by atoms with Crippen LogP contribution >= 0.6 is 11.8 Å². The fourth-order valence-corrected chi connectivity index (χ4v) is 2.08. The average Bonchev–Trinajstić information content (AvgIpc) is 2.76. The van der Waals surface area contributed by atoms with Gasteiger partial charge in [0, 0.05) is 18.6 Å². The van der Waals surface area contributed by atoms with Crippen molar-refractivity contribution in [1.29, 1.82) is 0 Å². The second-order valence-corrected chi connectivity index (χ2v) is 4.39. The van der Waals surface area contributed by atoms with E-state index in [2.05, 4.69) is 15.2 Å². The maximum absolute atomic E-state index is 11.4. The van der Waals surface area contributed by atoms with Crippen molar-refractivity contribution in [3.8, 4) is 0 Å². The van der Waals surface area contributed by atoms with E-state index < -0.39 is 0 Å². The van der Waals surface area contributed by atoms with Gasteiger partial charge in [-0.15, -0.1) is 0 Å². The number of nitrogens with two attached hydrogens (primary N) is 1. The molecule has 0 amide bonds. The number of nitrogens with zero attached hydrogens (tertiary/aromatic N) is 3. The second kappa shape index (κ2) is 5.65. The number of pyridine rings is 1. The molecule has 2 heterocycles. The first-order valence-corrected chi connectivity index (χ1v) is 6.19. The van der Waals surface area contributed by atoms with Crippen LogP contribution in [0.4, 0.5) is 0 Å². The molecule has 0 fully saturated rings. The van der Waals surface area contributed by atoms with E-state index >= 15 is 0 Å². The van der Waals surface area contributed by atoms with Gasteiger partial charge in [-0.25, -0.2) is 4.98 Å². The molecule has 0 unspecified atom stereocenters. The second-order valence-electron chi connectivity index (χ2n) is 3.39. The highest BCUT2D eigenvalue weighted by Crippen LogP contribution is 2.16. The molecular weight excluding hydrogens is 238 g/mol. The minimum absolute atomic E-state index is 0.531. The Kier molecular flexibility index (Phi) is 3.94. The molecule has 0 radical (unpaired) electrons. The molecule has 6 nitrogen and oxygen atoms in total. The van der Waals surface area contributed by atoms with Crippen molar-refractivity contribution in [2.45, 2.75) is 17.2 Å². The maximum Gasteiger partial charge on any atom is 0.251 e. The third-order valence-corrected chi connectivity index (χ3v) is 3.12. The first-order valence-electron chi connectivity index (χ1n) is 5.21. The molecule has 3 N–H and O–H groups in total. The van der Waals surface area contributed by atoms with Gasteiger partial charge >= 0.3 is 0 Å². The molecule has 2 rings (SSSR count). The molecule has 0 saturated heterocycles. The van der Waals surface area contributed by atoms with Gasteiger partial charge in [-0.3, -0.25) is 5.10 Å². The number of hydrogen-bond acceptors (Lipinski definition) is 5. The molecule has 0 saturated carbocycles. The molecule has 7 heteroatoms. The van der Waals surface area contributed by atoms with Crippen LogP contribution in [-0.4, -0.2) is 21.7 Å². The van der Waals surface area contributed by atoms with Gasteiger partial charge in [-0.2, -0.15) is 9.83 Å². The number of aromatic nitrogens is 4. The predicted molar refractivity (Wildman–Crippen MR) is 64.1 cm³/mol. The molecular formula is C10H13N5OS. The molecule has 0 aliphatic heterocycles. The van der Waals surface area contributed by atoms with Crippen molar-refractivity contribution in [1.82, 2.24) is 15.2 Å². The summed E-state index contributed by atoms with van der Waals surface area (Å²) in [6.45, 7) is 0.531. The van der Waals surface area contributed by atoms with E-state index in [0.717, 1.165) is 10.6 Å². The van der Waals surface area contributed by atoms with Crippen LogP contribution in [-0.2, 0) is 12.2 Å². The maximum atomic E-state index is 11.4. The first kappa shape index (κ1) is 11.9. The number of hydrogen-bond donors (Lipinski definition) is 2. The van der Waals surface area contributed by atoms with Crippen LogP contribution in [0, 0.1) is 5.21 Å². The lowest BCUT2D eigenvalue weighted by Crippen LogP contribution is -2.27. The Morgan fingerprint density at radius 1 is 1.47 bits per heavy atom. The van der Waals surface area contributed by atoms with E-state index in [1.165, 1.54) is 18.0 Å². The number of thioether (sulfide) groups is 1. The van der Waals surface area contributed by atoms with Gasteiger partial charge in [-0.1, -0.05) is 0 Å². The SMILES string of the molecule is NCCc1n[nH]c(CSc2cccc[n+]2[O-])n1. The normalized spacial score (nSPS) is 10.6. The van der Waals surface area contributed by atoms with Crippen molar-refractivity contribution in [2.24, 2.45) is 5.73 Å². The molecule has 0 aromatic carbocycles. The average molecular weight is 251 g/mol. The molecule has 0 bridgehead atoms. The lowest BCUT2D eigenvalue weighted by atomic mass is 10.4. The Balaban J connectivity index is 1.95. The van der Waals surface area contributed by atoms with Crippen LogP contribution in [0.15, 0.2) is 29.4 Å². The van der Waals surface area contributed by atoms with Crippen LogP contribution < -0.4 is 10.5 Å². The predicted octanol–water partition coefficient (Wildman–Crippen LogP) is 0.232. The molecule has 90 valence electrons. The molecule has 17 heavy (non-hydrogen) atoms. The summed E-state index contributed by atoms with van der Waals surface area (Å²) in [5, 5.41) is 18.9.